The number of nitrogens with zero attached hydrogens (tertiary/aromatic N) is 4. The molecule has 10 rings (SSSR count). The maximum absolute atomic E-state index is 14.3. The second kappa shape index (κ2) is 11.3. The normalized spacial score (nSPS) is 12.6. The van der Waals surface area contributed by atoms with Gasteiger partial charge in [-0.3, -0.25) is 19.2 Å². The molecule has 0 radical (unpaired) electrons. The number of aromatic nitrogens is 2. The fourth-order valence-electron chi connectivity index (χ4n) is 8.24. The Kier molecular flexibility index (Phi) is 6.70. The van der Waals surface area contributed by atoms with E-state index in [1.165, 1.54) is 0 Å². The van der Waals surface area contributed by atoms with E-state index in [4.69, 9.17) is 0 Å². The molecular weight excluding hydrogens is 673 g/mol. The summed E-state index contributed by atoms with van der Waals surface area (Å²) in [6, 6.07) is 33.4. The lowest BCUT2D eigenvalue weighted by Crippen LogP contribution is -2.15. The lowest BCUT2D eigenvalue weighted by atomic mass is 9.95. The molecule has 0 bridgehead atoms. The molecule has 0 amide bonds. The van der Waals surface area contributed by atoms with Crippen molar-refractivity contribution in [3.05, 3.63) is 161 Å². The molecule has 10 aromatic rings. The predicted molar refractivity (Wildman–Crippen MR) is 220 cm³/mol. The second-order valence-electron chi connectivity index (χ2n) is 14.9. The van der Waals surface area contributed by atoms with Gasteiger partial charge in [0.25, 0.3) is 0 Å². The Balaban J connectivity index is 1.19. The van der Waals surface area contributed by atoms with Gasteiger partial charge < -0.3 is 8.80 Å². The Labute approximate surface area is 306 Å². The minimum Gasteiger partial charge on any atom is -0.308 e. The average molecular weight is 705 g/mol. The number of fused-ring (bicyclic) bond motifs is 8. The first-order valence-corrected chi connectivity index (χ1v) is 18.1. The van der Waals surface area contributed by atoms with E-state index in [-0.39, 0.29) is 33.6 Å². The van der Waals surface area contributed by atoms with Gasteiger partial charge in [-0.1, -0.05) is 52.0 Å². The summed E-state index contributed by atoms with van der Waals surface area (Å²) in [5, 5.41) is 13.2. The standard InChI is InChI=1S/C46H32N4O4/c1-23(2)25-17-33-41-35(19-25)45(53)31-21-27(13-15-39(31)49(41)37-11-7-5-9-29(37)43(33)51)47-48-28-14-16-40-32(22-28)46(54)36-20-26(24(3)4)18-34-42(36)50(40)38-12-8-6-10-30(38)44(34)52/h5-24H,1-4H3. The summed E-state index contributed by atoms with van der Waals surface area (Å²) in [7, 11) is 0. The Morgan fingerprint density at radius 1 is 0.389 bits per heavy atom. The van der Waals surface area contributed by atoms with Crippen LogP contribution in [0.5, 0.6) is 0 Å². The van der Waals surface area contributed by atoms with Crippen molar-refractivity contribution in [2.24, 2.45) is 10.2 Å². The number of hydrogen-bond acceptors (Lipinski definition) is 6. The highest BCUT2D eigenvalue weighted by Gasteiger charge is 2.21. The van der Waals surface area contributed by atoms with Gasteiger partial charge in [0.1, 0.15) is 0 Å². The van der Waals surface area contributed by atoms with Crippen LogP contribution in [-0.2, 0) is 0 Å². The zero-order valence-corrected chi connectivity index (χ0v) is 30.0. The van der Waals surface area contributed by atoms with Crippen molar-refractivity contribution in [1.29, 1.82) is 0 Å². The minimum absolute atomic E-state index is 0.0897. The van der Waals surface area contributed by atoms with E-state index < -0.39 is 0 Å². The maximum Gasteiger partial charge on any atom is 0.197 e. The van der Waals surface area contributed by atoms with Crippen molar-refractivity contribution in [1.82, 2.24) is 8.80 Å². The first-order valence-electron chi connectivity index (χ1n) is 18.1. The van der Waals surface area contributed by atoms with Crippen LogP contribution in [0.25, 0.3) is 76.2 Å². The lowest BCUT2D eigenvalue weighted by Gasteiger charge is -2.17. The summed E-state index contributed by atoms with van der Waals surface area (Å²) >= 11 is 0. The molecule has 260 valence electrons. The highest BCUT2D eigenvalue weighted by atomic mass is 16.1. The molecule has 54 heavy (non-hydrogen) atoms. The average Bonchev–Trinajstić information content (AvgIpc) is 3.19. The fourth-order valence-corrected chi connectivity index (χ4v) is 8.24. The van der Waals surface area contributed by atoms with E-state index in [0.29, 0.717) is 76.5 Å². The fraction of sp³-hybridized carbons (Fsp3) is 0.130. The molecule has 4 aromatic heterocycles. The van der Waals surface area contributed by atoms with Crippen LogP contribution in [0.3, 0.4) is 0 Å². The van der Waals surface area contributed by atoms with Crippen molar-refractivity contribution in [3.8, 4) is 0 Å². The first-order chi connectivity index (χ1) is 26.1. The van der Waals surface area contributed by atoms with Gasteiger partial charge in [0.15, 0.2) is 21.7 Å². The van der Waals surface area contributed by atoms with Crippen LogP contribution in [0, 0.1) is 0 Å². The number of benzene rings is 6. The Bertz CT molecular complexity index is 3310. The lowest BCUT2D eigenvalue weighted by molar-refractivity contribution is 0.869. The SMILES string of the molecule is CC(C)c1cc2c(=O)c3ccccc3n3c4ccc(N=Nc5ccc6c(c5)c(=O)c5cc(C(C)C)cc7c(=O)c8ccccc8n6c75)cc4c(=O)c(c1)c23. The molecule has 0 aliphatic rings. The molecule has 0 saturated heterocycles. The van der Waals surface area contributed by atoms with E-state index in [1.54, 1.807) is 24.3 Å². The molecule has 0 aliphatic heterocycles. The van der Waals surface area contributed by atoms with Crippen molar-refractivity contribution in [2.45, 2.75) is 39.5 Å². The van der Waals surface area contributed by atoms with Gasteiger partial charge in [-0.25, -0.2) is 0 Å². The van der Waals surface area contributed by atoms with E-state index in [0.717, 1.165) is 22.2 Å². The topological polar surface area (TPSA) is 102 Å². The Morgan fingerprint density at radius 3 is 1.09 bits per heavy atom. The molecular formula is C46H32N4O4. The molecule has 0 saturated carbocycles. The number of hydrogen-bond donors (Lipinski definition) is 0. The van der Waals surface area contributed by atoms with E-state index in [1.807, 2.05) is 121 Å². The zero-order valence-electron chi connectivity index (χ0n) is 30.0. The van der Waals surface area contributed by atoms with Crippen LogP contribution < -0.4 is 21.7 Å². The van der Waals surface area contributed by atoms with Crippen LogP contribution in [0.4, 0.5) is 11.4 Å². The van der Waals surface area contributed by atoms with Crippen LogP contribution in [0.15, 0.2) is 139 Å². The van der Waals surface area contributed by atoms with Gasteiger partial charge >= 0.3 is 0 Å². The predicted octanol–water partition coefficient (Wildman–Crippen LogP) is 10.1. The van der Waals surface area contributed by atoms with Crippen LogP contribution in [0.2, 0.25) is 0 Å². The summed E-state index contributed by atoms with van der Waals surface area (Å²) in [6.45, 7) is 8.19. The third-order valence-electron chi connectivity index (χ3n) is 11.0. The number of azo groups is 1. The summed E-state index contributed by atoms with van der Waals surface area (Å²) in [4.78, 5) is 56.0. The van der Waals surface area contributed by atoms with Gasteiger partial charge in [0.05, 0.1) is 44.5 Å². The highest BCUT2D eigenvalue weighted by molar-refractivity contribution is 6.10. The quantitative estimate of drug-likeness (QED) is 0.103. The summed E-state index contributed by atoms with van der Waals surface area (Å²) in [5.74, 6) is 0.227. The molecule has 6 aromatic carbocycles. The zero-order chi connectivity index (χ0) is 37.2. The van der Waals surface area contributed by atoms with E-state index in [9.17, 15) is 19.2 Å². The minimum atomic E-state index is -0.178. The molecule has 0 atom stereocenters. The first kappa shape index (κ1) is 31.9. The Morgan fingerprint density at radius 2 is 0.722 bits per heavy atom. The van der Waals surface area contributed by atoms with Gasteiger partial charge in [0.2, 0.25) is 0 Å². The van der Waals surface area contributed by atoms with Crippen molar-refractivity contribution < 1.29 is 0 Å². The van der Waals surface area contributed by atoms with Gasteiger partial charge in [-0.05, 0) is 108 Å². The number of rotatable bonds is 4. The monoisotopic (exact) mass is 704 g/mol. The third-order valence-corrected chi connectivity index (χ3v) is 11.0. The largest absolute Gasteiger partial charge is 0.308 e. The second-order valence-corrected chi connectivity index (χ2v) is 14.9. The van der Waals surface area contributed by atoms with Crippen molar-refractivity contribution in [2.75, 3.05) is 0 Å². The van der Waals surface area contributed by atoms with Crippen molar-refractivity contribution in [3.63, 3.8) is 0 Å². The van der Waals surface area contributed by atoms with E-state index in [2.05, 4.69) is 10.2 Å². The number of para-hydroxylation sites is 2. The summed E-state index contributed by atoms with van der Waals surface area (Å²) in [6.07, 6.45) is 0. The van der Waals surface area contributed by atoms with Crippen LogP contribution in [0.1, 0.15) is 50.7 Å². The maximum atomic E-state index is 14.3. The van der Waals surface area contributed by atoms with Crippen molar-refractivity contribution >= 4 is 87.6 Å². The number of pyridine rings is 4. The summed E-state index contributed by atoms with van der Waals surface area (Å²) < 4.78 is 4.02. The summed E-state index contributed by atoms with van der Waals surface area (Å²) in [5.41, 5.74) is 6.27. The molecule has 0 N–H and O–H groups in total. The molecule has 0 spiro atoms. The van der Waals surface area contributed by atoms with Gasteiger partial charge in [-0.15, -0.1) is 0 Å². The third kappa shape index (κ3) is 4.37. The van der Waals surface area contributed by atoms with Gasteiger partial charge in [-0.2, -0.15) is 10.2 Å². The van der Waals surface area contributed by atoms with Gasteiger partial charge in [0, 0.05) is 43.1 Å². The molecule has 8 nitrogen and oxygen atoms in total. The smallest absolute Gasteiger partial charge is 0.197 e. The van der Waals surface area contributed by atoms with E-state index >= 15 is 0 Å². The molecule has 0 unspecified atom stereocenters. The molecule has 4 heterocycles. The van der Waals surface area contributed by atoms with Crippen LogP contribution >= 0.6 is 0 Å². The molecule has 8 heteroatoms. The molecule has 0 fully saturated rings. The highest BCUT2D eigenvalue weighted by Crippen LogP contribution is 2.34. The van der Waals surface area contributed by atoms with Crippen LogP contribution in [-0.4, -0.2) is 8.80 Å². The Hall–Kier alpha value is -6.80. The molecule has 0 aliphatic carbocycles.